The number of fused-ring (bicyclic) bond motifs is 5. The molecule has 8 rings (SSSR count). The van der Waals surface area contributed by atoms with Crippen LogP contribution in [0.4, 0.5) is 0 Å². The maximum Gasteiger partial charge on any atom is 0.338 e. The Bertz CT molecular complexity index is 2800. The van der Waals surface area contributed by atoms with Gasteiger partial charge in [-0.25, -0.2) is 9.59 Å². The highest BCUT2D eigenvalue weighted by molar-refractivity contribution is 5.96. The van der Waals surface area contributed by atoms with Crippen LogP contribution in [-0.2, 0) is 63.7 Å². The monoisotopic (exact) mass is 1050 g/mol. The van der Waals surface area contributed by atoms with Crippen molar-refractivity contribution in [3.63, 3.8) is 0 Å². The summed E-state index contributed by atoms with van der Waals surface area (Å²) in [6.07, 6.45) is -10.3. The van der Waals surface area contributed by atoms with Crippen molar-refractivity contribution >= 4 is 35.6 Å². The van der Waals surface area contributed by atoms with Crippen molar-refractivity contribution < 1.29 is 76.5 Å². The van der Waals surface area contributed by atoms with Crippen LogP contribution < -0.4 is 10.1 Å². The molecule has 1 saturated heterocycles. The summed E-state index contributed by atoms with van der Waals surface area (Å²) in [6.45, 7) is 12.1. The van der Waals surface area contributed by atoms with Gasteiger partial charge in [0.05, 0.1) is 49.4 Å². The molecule has 4 aromatic rings. The molecule has 2 saturated carbocycles. The minimum atomic E-state index is -2.39. The fourth-order valence-electron chi connectivity index (χ4n) is 11.9. The minimum absolute atomic E-state index is 0.0145. The summed E-state index contributed by atoms with van der Waals surface area (Å²) in [4.78, 5) is 87.6. The second-order valence-electron chi connectivity index (χ2n) is 20.6. The van der Waals surface area contributed by atoms with Crippen molar-refractivity contribution in [2.75, 3.05) is 20.3 Å². The Balaban J connectivity index is 1.32. The van der Waals surface area contributed by atoms with Crippen LogP contribution in [0.1, 0.15) is 106 Å². The number of ketones is 1. The molecule has 1 aliphatic heterocycles. The van der Waals surface area contributed by atoms with Gasteiger partial charge in [-0.15, -0.1) is 0 Å². The molecule has 2 N–H and O–H groups in total. The number of aliphatic hydroxyl groups is 1. The normalized spacial score (nSPS) is 28.5. The summed E-state index contributed by atoms with van der Waals surface area (Å²) in [5.74, 6) is -5.63. The molecule has 0 spiro atoms. The van der Waals surface area contributed by atoms with Gasteiger partial charge in [0.15, 0.2) is 29.9 Å². The van der Waals surface area contributed by atoms with Gasteiger partial charge in [0.2, 0.25) is 0 Å². The third-order valence-electron chi connectivity index (χ3n) is 15.8. The van der Waals surface area contributed by atoms with Gasteiger partial charge >= 0.3 is 23.9 Å². The summed E-state index contributed by atoms with van der Waals surface area (Å²) in [5, 5.41) is 17.3. The summed E-state index contributed by atoms with van der Waals surface area (Å²) in [7, 11) is 1.54. The Labute approximate surface area is 442 Å². The third kappa shape index (κ3) is 10.4. The standard InChI is InChI=1S/C59H67NO16/c1-10-69-37(5)73-49(47(39-20-14-11-15-21-39)60-53(64)40-22-16-12-17-23-40)55(66)74-43-31-59(67)52(75-54(65)41-24-18-13-19-25-41)50-57(8,51(63)48(72-35(3)61)46(34(43)2)56(59,6)7)44(30-45-58(50,33-71-45)76-36(4)62)70-32-38-26-28-42(68-9)29-27-38/h11-29,37,43-45,47-50,52,67H,10,30-33H2,1-9H3,(H,60,64)/t37?,43-,44-,45+,47-,48+,49+,50-,52-,57+,58-,59+/m0/s1. The van der Waals surface area contributed by atoms with E-state index in [9.17, 15) is 24.3 Å². The van der Waals surface area contributed by atoms with E-state index in [2.05, 4.69) is 5.32 Å². The van der Waals surface area contributed by atoms with Crippen LogP contribution in [0.25, 0.3) is 0 Å². The van der Waals surface area contributed by atoms with Crippen molar-refractivity contribution in [2.24, 2.45) is 16.7 Å². The summed E-state index contributed by atoms with van der Waals surface area (Å²) in [5.41, 5.74) is -5.84. The Morgan fingerprint density at radius 3 is 2.00 bits per heavy atom. The second-order valence-corrected chi connectivity index (χ2v) is 20.6. The number of carbonyl (C=O) groups excluding carboxylic acids is 6. The van der Waals surface area contributed by atoms with Gasteiger partial charge in [-0.2, -0.15) is 0 Å². The largest absolute Gasteiger partial charge is 0.497 e. The lowest BCUT2D eigenvalue weighted by Gasteiger charge is -2.67. The van der Waals surface area contributed by atoms with Crippen molar-refractivity contribution in [3.8, 4) is 5.75 Å². The first-order valence-corrected chi connectivity index (χ1v) is 25.5. The number of benzene rings is 4. The Morgan fingerprint density at radius 2 is 1.43 bits per heavy atom. The highest BCUT2D eigenvalue weighted by Crippen LogP contribution is 2.65. The van der Waals surface area contributed by atoms with Crippen LogP contribution in [0.3, 0.4) is 0 Å². The number of hydrogen-bond acceptors (Lipinski definition) is 16. The highest BCUT2D eigenvalue weighted by atomic mass is 16.7. The van der Waals surface area contributed by atoms with E-state index in [0.29, 0.717) is 22.4 Å². The Kier molecular flexibility index (Phi) is 16.4. The quantitative estimate of drug-likeness (QED) is 0.0430. The molecule has 1 amide bonds. The number of Topliss-reactive ketones (excluding diaryl/α,β-unsaturated/α-hetero) is 1. The third-order valence-corrected chi connectivity index (χ3v) is 15.8. The second kappa shape index (κ2) is 22.4. The zero-order valence-corrected chi connectivity index (χ0v) is 44.3. The van der Waals surface area contributed by atoms with Gasteiger partial charge in [-0.1, -0.05) is 92.7 Å². The number of nitrogens with one attached hydrogen (secondary N) is 1. The van der Waals surface area contributed by atoms with Gasteiger partial charge < -0.3 is 53.1 Å². The summed E-state index contributed by atoms with van der Waals surface area (Å²) >= 11 is 0. The van der Waals surface area contributed by atoms with Crippen LogP contribution in [-0.4, -0.2) is 115 Å². The molecule has 1 heterocycles. The molecule has 17 heteroatoms. The van der Waals surface area contributed by atoms with Crippen molar-refractivity contribution in [1.29, 1.82) is 0 Å². The molecule has 4 aliphatic rings. The minimum Gasteiger partial charge on any atom is -0.497 e. The number of esters is 4. The lowest BCUT2D eigenvalue weighted by Crippen LogP contribution is -2.82. The van der Waals surface area contributed by atoms with Gasteiger partial charge in [0.25, 0.3) is 5.91 Å². The molecule has 12 atom stereocenters. The molecule has 1 unspecified atom stereocenters. The predicted molar refractivity (Wildman–Crippen MR) is 273 cm³/mol. The number of amides is 1. The molecule has 0 radical (unpaired) electrons. The number of hydrogen-bond donors (Lipinski definition) is 2. The topological polar surface area (TPSA) is 218 Å². The summed E-state index contributed by atoms with van der Waals surface area (Å²) in [6, 6.07) is 31.1. The van der Waals surface area contributed by atoms with Gasteiger partial charge in [0.1, 0.15) is 29.7 Å². The van der Waals surface area contributed by atoms with E-state index in [0.717, 1.165) is 6.92 Å². The van der Waals surface area contributed by atoms with E-state index in [1.807, 2.05) is 0 Å². The highest BCUT2D eigenvalue weighted by Gasteiger charge is 2.78. The van der Waals surface area contributed by atoms with Crippen molar-refractivity contribution in [3.05, 3.63) is 149 Å². The van der Waals surface area contributed by atoms with Gasteiger partial charge in [-0.05, 0) is 86.4 Å². The lowest BCUT2D eigenvalue weighted by molar-refractivity contribution is -0.349. The zero-order chi connectivity index (χ0) is 54.7. The van der Waals surface area contributed by atoms with Crippen LogP contribution in [0, 0.1) is 16.7 Å². The SMILES string of the molecule is CCOC(C)O[C@@H](C(=O)O[C@H]1C[C@@]2(O)[C@@H](OC(=O)c3ccccc3)[C@@H]3[C@]4(OC(C)=O)CO[C@@H]4C[C@H](OCc4ccc(OC)cc4)[C@@]3(C)C(=O)[C@H](OC(C)=O)C(=C1C)C2(C)C)[C@@H](NC(=O)c1ccccc1)c1ccccc1. The fourth-order valence-corrected chi connectivity index (χ4v) is 11.9. The average Bonchev–Trinajstić information content (AvgIpc) is 3.51. The molecule has 2 bridgehead atoms. The maximum atomic E-state index is 16.4. The number of methoxy groups -OCH3 is 1. The van der Waals surface area contributed by atoms with E-state index in [-0.39, 0.29) is 43.0 Å². The smallest absolute Gasteiger partial charge is 0.338 e. The van der Waals surface area contributed by atoms with E-state index < -0.39 is 119 Å². The molecule has 17 nitrogen and oxygen atoms in total. The zero-order valence-electron chi connectivity index (χ0n) is 44.3. The number of ether oxygens (including phenoxy) is 9. The molecular formula is C59H67NO16. The molecule has 76 heavy (non-hydrogen) atoms. The molecular weight excluding hydrogens is 979 g/mol. The van der Waals surface area contributed by atoms with Crippen molar-refractivity contribution in [1.82, 2.24) is 5.32 Å². The van der Waals surface area contributed by atoms with Crippen LogP contribution in [0.2, 0.25) is 0 Å². The van der Waals surface area contributed by atoms with E-state index in [1.165, 1.54) is 19.1 Å². The van der Waals surface area contributed by atoms with Crippen LogP contribution >= 0.6 is 0 Å². The summed E-state index contributed by atoms with van der Waals surface area (Å²) < 4.78 is 56.4. The first-order chi connectivity index (χ1) is 36.2. The number of rotatable bonds is 18. The molecule has 0 aromatic heterocycles. The first kappa shape index (κ1) is 55.5. The Hall–Kier alpha value is -6.76. The van der Waals surface area contributed by atoms with Crippen LogP contribution in [0.5, 0.6) is 5.75 Å². The average molecular weight is 1050 g/mol. The van der Waals surface area contributed by atoms with Crippen LogP contribution in [0.15, 0.2) is 126 Å². The van der Waals surface area contributed by atoms with E-state index in [4.69, 9.17) is 42.6 Å². The number of carbonyl (C=O) groups is 6. The molecule has 4 aromatic carbocycles. The first-order valence-electron chi connectivity index (χ1n) is 25.5. The van der Waals surface area contributed by atoms with Gasteiger partial charge in [-0.3, -0.25) is 19.2 Å². The molecule has 3 fully saturated rings. The van der Waals surface area contributed by atoms with E-state index >= 15 is 9.59 Å². The predicted octanol–water partition coefficient (Wildman–Crippen LogP) is 7.38. The fraction of sp³-hybridized carbons (Fsp3) is 0.458. The van der Waals surface area contributed by atoms with Crippen molar-refractivity contribution in [2.45, 2.75) is 135 Å². The van der Waals surface area contributed by atoms with E-state index in [1.54, 1.807) is 152 Å². The molecule has 3 aliphatic carbocycles. The van der Waals surface area contributed by atoms with Gasteiger partial charge in [0, 0.05) is 44.3 Å². The molecule has 404 valence electrons. The maximum absolute atomic E-state index is 16.4. The Morgan fingerprint density at radius 1 is 0.816 bits per heavy atom. The lowest BCUT2D eigenvalue weighted by atomic mass is 9.44.